The Hall–Kier alpha value is -3.21. The van der Waals surface area contributed by atoms with Gasteiger partial charge in [-0.05, 0) is 75.9 Å². The van der Waals surface area contributed by atoms with Gasteiger partial charge in [0.1, 0.15) is 5.82 Å². The molecule has 0 amide bonds. The number of ketones is 1. The molecule has 0 heterocycles. The van der Waals surface area contributed by atoms with Crippen LogP contribution in [0.4, 0.5) is 17.6 Å². The summed E-state index contributed by atoms with van der Waals surface area (Å²) in [5.41, 5.74) is 1.34. The van der Waals surface area contributed by atoms with Gasteiger partial charge in [-0.15, -0.1) is 0 Å². The minimum absolute atomic E-state index is 0.0320. The Morgan fingerprint density at radius 2 is 1.35 bits per heavy atom. The Balaban J connectivity index is 1.95. The van der Waals surface area contributed by atoms with Crippen LogP contribution in [-0.2, 0) is 0 Å². The minimum Gasteiger partial charge on any atom is -0.289 e. The van der Waals surface area contributed by atoms with E-state index >= 15 is 8.78 Å². The van der Waals surface area contributed by atoms with Crippen molar-refractivity contribution in [2.24, 2.45) is 27.6 Å². The van der Waals surface area contributed by atoms with Gasteiger partial charge in [0.05, 0.1) is 0 Å². The number of hydrogen-bond donors (Lipinski definition) is 0. The van der Waals surface area contributed by atoms with Crippen molar-refractivity contribution in [3.63, 3.8) is 0 Å². The maximum Gasteiger partial charge on any atom is 0.194 e. The van der Waals surface area contributed by atoms with Crippen molar-refractivity contribution in [3.8, 4) is 0 Å². The van der Waals surface area contributed by atoms with Gasteiger partial charge >= 0.3 is 0 Å². The molecule has 3 aromatic rings. The van der Waals surface area contributed by atoms with E-state index in [1.54, 1.807) is 6.08 Å². The van der Waals surface area contributed by atoms with E-state index < -0.39 is 34.6 Å². The second-order valence-corrected chi connectivity index (χ2v) is 17.1. The van der Waals surface area contributed by atoms with E-state index in [-0.39, 0.29) is 39.4 Å². The third-order valence-corrected chi connectivity index (χ3v) is 10.8. The van der Waals surface area contributed by atoms with Crippen LogP contribution in [0.1, 0.15) is 141 Å². The summed E-state index contributed by atoms with van der Waals surface area (Å²) in [4.78, 5) is 12.8. The summed E-state index contributed by atoms with van der Waals surface area (Å²) in [5, 5.41) is 0. The highest BCUT2D eigenvalue weighted by Gasteiger charge is 2.43. The van der Waals surface area contributed by atoms with Crippen molar-refractivity contribution in [2.75, 3.05) is 0 Å². The Kier molecular flexibility index (Phi) is 12.4. The SMILES string of the molecule is CCC(C)(C)C(CC(C)(C)CC(C)C(C)(C)C(CC(C)(C)C)c1cccc(/C=C/C(=O)c2ccccc2)c1)c1c(F)cc(F)c(F)c1F. The molecule has 0 saturated heterocycles. The molecule has 3 rings (SSSR count). The number of rotatable bonds is 14. The molecule has 0 spiro atoms. The lowest BCUT2D eigenvalue weighted by Gasteiger charge is -2.46. The summed E-state index contributed by atoms with van der Waals surface area (Å²) in [6, 6.07) is 18.1. The summed E-state index contributed by atoms with van der Waals surface area (Å²) < 4.78 is 58.9. The summed E-state index contributed by atoms with van der Waals surface area (Å²) in [5.74, 6) is -5.94. The van der Waals surface area contributed by atoms with Gasteiger partial charge in [0.15, 0.2) is 23.2 Å². The molecule has 3 atom stereocenters. The molecule has 262 valence electrons. The third-order valence-electron chi connectivity index (χ3n) is 10.8. The second kappa shape index (κ2) is 15.1. The highest BCUT2D eigenvalue weighted by Crippen LogP contribution is 2.53. The number of carbonyl (C=O) groups excluding carboxylic acids is 1. The zero-order valence-electron chi connectivity index (χ0n) is 30.9. The molecule has 0 aromatic heterocycles. The molecule has 3 unspecified atom stereocenters. The average molecular weight is 665 g/mol. The first-order valence-corrected chi connectivity index (χ1v) is 17.3. The van der Waals surface area contributed by atoms with E-state index in [0.717, 1.165) is 18.4 Å². The van der Waals surface area contributed by atoms with E-state index in [2.05, 4.69) is 67.5 Å². The van der Waals surface area contributed by atoms with Crippen LogP contribution in [0.3, 0.4) is 0 Å². The van der Waals surface area contributed by atoms with Gasteiger partial charge in [-0.1, -0.05) is 143 Å². The number of benzene rings is 3. The van der Waals surface area contributed by atoms with E-state index in [0.29, 0.717) is 24.5 Å². The monoisotopic (exact) mass is 664 g/mol. The van der Waals surface area contributed by atoms with Crippen LogP contribution in [0, 0.1) is 50.8 Å². The molecule has 0 fully saturated rings. The van der Waals surface area contributed by atoms with Gasteiger partial charge in [0.25, 0.3) is 0 Å². The topological polar surface area (TPSA) is 17.1 Å². The molecule has 0 N–H and O–H groups in total. The fourth-order valence-corrected chi connectivity index (χ4v) is 7.16. The van der Waals surface area contributed by atoms with Crippen LogP contribution < -0.4 is 0 Å². The molecule has 0 saturated carbocycles. The molecule has 48 heavy (non-hydrogen) atoms. The summed E-state index contributed by atoms with van der Waals surface area (Å²) in [7, 11) is 0. The van der Waals surface area contributed by atoms with Crippen LogP contribution in [0.25, 0.3) is 6.08 Å². The van der Waals surface area contributed by atoms with Gasteiger partial charge in [0.2, 0.25) is 0 Å². The maximum atomic E-state index is 15.3. The summed E-state index contributed by atoms with van der Waals surface area (Å²) in [6.07, 6.45) is 6.20. The zero-order valence-corrected chi connectivity index (χ0v) is 30.9. The third kappa shape index (κ3) is 9.70. The molecule has 0 aliphatic heterocycles. The Morgan fingerprint density at radius 3 is 1.94 bits per heavy atom. The van der Waals surface area contributed by atoms with Crippen molar-refractivity contribution in [1.82, 2.24) is 0 Å². The van der Waals surface area contributed by atoms with Crippen molar-refractivity contribution in [3.05, 3.63) is 112 Å². The van der Waals surface area contributed by atoms with Crippen LogP contribution >= 0.6 is 0 Å². The molecule has 5 heteroatoms. The average Bonchev–Trinajstić information content (AvgIpc) is 3.00. The lowest BCUT2D eigenvalue weighted by atomic mass is 9.58. The molecule has 0 aliphatic rings. The van der Waals surface area contributed by atoms with Gasteiger partial charge in [0, 0.05) is 17.2 Å². The maximum absolute atomic E-state index is 15.3. The van der Waals surface area contributed by atoms with Crippen molar-refractivity contribution in [1.29, 1.82) is 0 Å². The molecular formula is C43H56F4O. The predicted octanol–water partition coefficient (Wildman–Crippen LogP) is 13.3. The Morgan fingerprint density at radius 1 is 0.729 bits per heavy atom. The largest absolute Gasteiger partial charge is 0.289 e. The molecule has 1 nitrogen and oxygen atoms in total. The van der Waals surface area contributed by atoms with E-state index in [9.17, 15) is 13.6 Å². The lowest BCUT2D eigenvalue weighted by molar-refractivity contribution is 0.0836. The smallest absolute Gasteiger partial charge is 0.194 e. The van der Waals surface area contributed by atoms with Gasteiger partial charge < -0.3 is 0 Å². The van der Waals surface area contributed by atoms with E-state index in [4.69, 9.17) is 0 Å². The van der Waals surface area contributed by atoms with E-state index in [1.165, 1.54) is 5.56 Å². The standard InChI is InChI=1S/C43H56F4O/c1-12-42(8,9)33(37-34(44)24-35(45)38(46)39(37)47)27-41(6,7)25-28(2)43(10,11)32(26-40(3,4)5)31-20-16-17-29(23-31)21-22-36(48)30-18-14-13-15-19-30/h13-24,28,32-33H,12,25-27H2,1-11H3/b22-21+. The normalized spacial score (nSPS) is 15.1. The van der Waals surface area contributed by atoms with Crippen LogP contribution in [-0.4, -0.2) is 5.78 Å². The molecular weight excluding hydrogens is 608 g/mol. The first kappa shape index (κ1) is 39.2. The van der Waals surface area contributed by atoms with E-state index in [1.807, 2.05) is 69.3 Å². The number of allylic oxidation sites excluding steroid dienone is 1. The first-order valence-electron chi connectivity index (χ1n) is 17.3. The Bertz CT molecular complexity index is 1580. The van der Waals surface area contributed by atoms with Crippen molar-refractivity contribution >= 4 is 11.9 Å². The first-order chi connectivity index (χ1) is 22.1. The summed E-state index contributed by atoms with van der Waals surface area (Å²) in [6.45, 7) is 23.6. The minimum atomic E-state index is -1.62. The molecule has 0 aliphatic carbocycles. The number of halogens is 4. The van der Waals surface area contributed by atoms with Crippen LogP contribution in [0.15, 0.2) is 66.7 Å². The van der Waals surface area contributed by atoms with Crippen LogP contribution in [0.2, 0.25) is 0 Å². The van der Waals surface area contributed by atoms with Crippen LogP contribution in [0.5, 0.6) is 0 Å². The predicted molar refractivity (Wildman–Crippen MR) is 192 cm³/mol. The van der Waals surface area contributed by atoms with Crippen molar-refractivity contribution in [2.45, 2.75) is 114 Å². The van der Waals surface area contributed by atoms with Crippen molar-refractivity contribution < 1.29 is 22.4 Å². The fraction of sp³-hybridized carbons (Fsp3) is 0.512. The number of hydrogen-bond acceptors (Lipinski definition) is 1. The zero-order chi connectivity index (χ0) is 36.2. The highest BCUT2D eigenvalue weighted by atomic mass is 19.2. The van der Waals surface area contributed by atoms with Gasteiger partial charge in [-0.25, -0.2) is 17.6 Å². The second-order valence-electron chi connectivity index (χ2n) is 17.1. The quantitative estimate of drug-likeness (QED) is 0.0551. The summed E-state index contributed by atoms with van der Waals surface area (Å²) >= 11 is 0. The van der Waals surface area contributed by atoms with Gasteiger partial charge in [-0.2, -0.15) is 0 Å². The Labute approximate surface area is 287 Å². The molecule has 0 bridgehead atoms. The lowest BCUT2D eigenvalue weighted by Crippen LogP contribution is -2.36. The van der Waals surface area contributed by atoms with Gasteiger partial charge in [-0.3, -0.25) is 4.79 Å². The highest BCUT2D eigenvalue weighted by molar-refractivity contribution is 6.06. The molecule has 3 aromatic carbocycles. The fourth-order valence-electron chi connectivity index (χ4n) is 7.16. The molecule has 0 radical (unpaired) electrons. The number of carbonyl (C=O) groups is 1.